The summed E-state index contributed by atoms with van der Waals surface area (Å²) in [6.45, 7) is 7.91. The Hall–Kier alpha value is 0.220. The van der Waals surface area contributed by atoms with E-state index in [9.17, 15) is 8.42 Å². The molecule has 0 fully saturated rings. The van der Waals surface area contributed by atoms with Gasteiger partial charge in [0.25, 0.3) is 0 Å². The minimum Gasteiger partial charge on any atom is -0.243 e. The molecule has 0 aromatic heterocycles. The van der Waals surface area contributed by atoms with Crippen LogP contribution >= 0.6 is 0 Å². The molecule has 0 spiro atoms. The van der Waals surface area contributed by atoms with E-state index in [1.165, 1.54) is 0 Å². The smallest absolute Gasteiger partial charge is 0.0963 e. The standard InChI is InChI=1S/2C5H13NOS/c1-5(2)6(3)8(4)7;1-5(2)8(7)6(3)4/h2*5H,1-4H3. The number of hydrogen-bond donors (Lipinski definition) is 0. The summed E-state index contributed by atoms with van der Waals surface area (Å²) in [5, 5.41) is 0.241. The highest BCUT2D eigenvalue weighted by atomic mass is 32.2. The molecule has 100 valence electrons. The van der Waals surface area contributed by atoms with Gasteiger partial charge in [0.1, 0.15) is 0 Å². The zero-order valence-electron chi connectivity index (χ0n) is 11.7. The highest BCUT2D eigenvalue weighted by molar-refractivity contribution is 7.83. The minimum absolute atomic E-state index is 0.241. The molecular weight excluding hydrogens is 244 g/mol. The van der Waals surface area contributed by atoms with E-state index >= 15 is 0 Å². The molecule has 0 bridgehead atoms. The van der Waals surface area contributed by atoms with Crippen LogP contribution in [0.2, 0.25) is 0 Å². The lowest BCUT2D eigenvalue weighted by Crippen LogP contribution is -2.27. The van der Waals surface area contributed by atoms with E-state index < -0.39 is 22.0 Å². The zero-order valence-corrected chi connectivity index (χ0v) is 13.3. The van der Waals surface area contributed by atoms with Crippen molar-refractivity contribution in [2.75, 3.05) is 27.4 Å². The topological polar surface area (TPSA) is 40.6 Å². The van der Waals surface area contributed by atoms with E-state index in [0.29, 0.717) is 6.04 Å². The summed E-state index contributed by atoms with van der Waals surface area (Å²) >= 11 is 0. The molecule has 0 saturated carbocycles. The van der Waals surface area contributed by atoms with Gasteiger partial charge in [-0.3, -0.25) is 0 Å². The molecule has 0 N–H and O–H groups in total. The van der Waals surface area contributed by atoms with Gasteiger partial charge < -0.3 is 0 Å². The van der Waals surface area contributed by atoms with Gasteiger partial charge in [-0.1, -0.05) is 0 Å². The summed E-state index contributed by atoms with van der Waals surface area (Å²) in [7, 11) is 3.88. The van der Waals surface area contributed by atoms with E-state index in [2.05, 4.69) is 0 Å². The number of nitrogens with zero attached hydrogens (tertiary/aromatic N) is 2. The molecule has 0 radical (unpaired) electrons. The Labute approximate surface area is 106 Å². The fourth-order valence-electron chi connectivity index (χ4n) is 0.719. The van der Waals surface area contributed by atoms with Crippen molar-refractivity contribution in [1.82, 2.24) is 8.61 Å². The van der Waals surface area contributed by atoms with Crippen LogP contribution in [0.5, 0.6) is 0 Å². The van der Waals surface area contributed by atoms with Gasteiger partial charge in [-0.15, -0.1) is 0 Å². The molecule has 0 saturated heterocycles. The minimum atomic E-state index is -0.807. The highest BCUT2D eigenvalue weighted by Crippen LogP contribution is 1.95. The SMILES string of the molecule is CC(C)N(C)S(C)=O.CC(C)S(=O)N(C)C. The average molecular weight is 270 g/mol. The molecule has 0 aromatic carbocycles. The molecule has 0 aromatic rings. The maximum Gasteiger partial charge on any atom is 0.0963 e. The maximum atomic E-state index is 10.9. The van der Waals surface area contributed by atoms with Crippen molar-refractivity contribution in [1.29, 1.82) is 0 Å². The van der Waals surface area contributed by atoms with Crippen molar-refractivity contribution in [2.24, 2.45) is 0 Å². The largest absolute Gasteiger partial charge is 0.243 e. The summed E-state index contributed by atoms with van der Waals surface area (Å²) in [5.41, 5.74) is 0. The summed E-state index contributed by atoms with van der Waals surface area (Å²) in [4.78, 5) is 0. The number of hydrogen-bond acceptors (Lipinski definition) is 2. The second-order valence-electron chi connectivity index (χ2n) is 4.20. The molecule has 16 heavy (non-hydrogen) atoms. The summed E-state index contributed by atoms with van der Waals surface area (Å²) < 4.78 is 25.0. The van der Waals surface area contributed by atoms with Gasteiger partial charge in [0.15, 0.2) is 0 Å². The van der Waals surface area contributed by atoms with Gasteiger partial charge in [0, 0.05) is 24.6 Å². The Kier molecular flexibility index (Phi) is 10.8. The third-order valence-corrected chi connectivity index (χ3v) is 4.65. The summed E-state index contributed by atoms with van der Waals surface area (Å²) in [6, 6.07) is 0.376. The van der Waals surface area contributed by atoms with Gasteiger partial charge >= 0.3 is 0 Å². The third-order valence-electron chi connectivity index (χ3n) is 1.90. The van der Waals surface area contributed by atoms with Crippen LogP contribution in [0.3, 0.4) is 0 Å². The first-order valence-corrected chi connectivity index (χ1v) is 7.94. The molecule has 2 atom stereocenters. The monoisotopic (exact) mass is 270 g/mol. The second-order valence-corrected chi connectivity index (χ2v) is 7.85. The Morgan fingerprint density at radius 3 is 1.31 bits per heavy atom. The van der Waals surface area contributed by atoms with Crippen LogP contribution in [-0.2, 0) is 22.0 Å². The predicted octanol–water partition coefficient (Wildman–Crippen LogP) is 1.24. The van der Waals surface area contributed by atoms with Crippen LogP contribution in [0, 0.1) is 0 Å². The lowest BCUT2D eigenvalue weighted by Gasteiger charge is -2.16. The molecule has 4 nitrogen and oxygen atoms in total. The lowest BCUT2D eigenvalue weighted by molar-refractivity contribution is 0.446. The van der Waals surface area contributed by atoms with Crippen molar-refractivity contribution >= 4 is 22.0 Å². The van der Waals surface area contributed by atoms with Gasteiger partial charge in [-0.05, 0) is 41.8 Å². The first kappa shape index (κ1) is 18.6. The summed E-state index contributed by atoms with van der Waals surface area (Å²) in [6.07, 6.45) is 1.68. The van der Waals surface area contributed by atoms with Crippen LogP contribution in [0.1, 0.15) is 27.7 Å². The molecule has 0 aliphatic carbocycles. The average Bonchev–Trinajstić information content (AvgIpc) is 2.15. The molecular formula is C10H26N2O2S2. The highest BCUT2D eigenvalue weighted by Gasteiger charge is 2.05. The fourth-order valence-corrected chi connectivity index (χ4v) is 2.16. The molecule has 6 heteroatoms. The van der Waals surface area contributed by atoms with Gasteiger partial charge in [0.05, 0.1) is 22.0 Å². The van der Waals surface area contributed by atoms with E-state index in [-0.39, 0.29) is 5.25 Å². The zero-order chi connectivity index (χ0) is 13.5. The Balaban J connectivity index is 0. The first-order valence-electron chi connectivity index (χ1n) is 5.25. The van der Waals surface area contributed by atoms with Gasteiger partial charge in [0.2, 0.25) is 0 Å². The molecule has 0 aliphatic heterocycles. The molecule has 0 aliphatic rings. The normalized spacial score (nSPS) is 15.2. The summed E-state index contributed by atoms with van der Waals surface area (Å²) in [5.74, 6) is 0. The molecule has 2 unspecified atom stereocenters. The van der Waals surface area contributed by atoms with Crippen LogP contribution in [0.25, 0.3) is 0 Å². The lowest BCUT2D eigenvalue weighted by atomic mass is 10.4. The van der Waals surface area contributed by atoms with Crippen LogP contribution < -0.4 is 0 Å². The molecule has 0 heterocycles. The van der Waals surface area contributed by atoms with Gasteiger partial charge in [-0.25, -0.2) is 17.0 Å². The van der Waals surface area contributed by atoms with Crippen LogP contribution in [-0.4, -0.2) is 55.7 Å². The molecule has 0 rings (SSSR count). The molecule has 0 amide bonds. The van der Waals surface area contributed by atoms with Crippen molar-refractivity contribution in [2.45, 2.75) is 39.0 Å². The second kappa shape index (κ2) is 9.27. The van der Waals surface area contributed by atoms with E-state index in [1.807, 2.05) is 48.8 Å². The van der Waals surface area contributed by atoms with Gasteiger partial charge in [-0.2, -0.15) is 0 Å². The predicted molar refractivity (Wildman–Crippen MR) is 73.9 cm³/mol. The first-order chi connectivity index (χ1) is 7.11. The van der Waals surface area contributed by atoms with E-state index in [1.54, 1.807) is 14.9 Å². The maximum absolute atomic E-state index is 10.9. The van der Waals surface area contributed by atoms with Crippen LogP contribution in [0.15, 0.2) is 0 Å². The third kappa shape index (κ3) is 9.45. The Bertz CT molecular complexity index is 221. The van der Waals surface area contributed by atoms with E-state index in [4.69, 9.17) is 0 Å². The Morgan fingerprint density at radius 2 is 1.31 bits per heavy atom. The van der Waals surface area contributed by atoms with Crippen molar-refractivity contribution in [3.8, 4) is 0 Å². The number of rotatable bonds is 4. The van der Waals surface area contributed by atoms with Crippen molar-refractivity contribution < 1.29 is 8.42 Å². The Morgan fingerprint density at radius 1 is 0.938 bits per heavy atom. The van der Waals surface area contributed by atoms with Crippen molar-refractivity contribution in [3.05, 3.63) is 0 Å². The van der Waals surface area contributed by atoms with E-state index in [0.717, 1.165) is 0 Å². The van der Waals surface area contributed by atoms with Crippen LogP contribution in [0.4, 0.5) is 0 Å². The van der Waals surface area contributed by atoms with Crippen molar-refractivity contribution in [3.63, 3.8) is 0 Å². The fraction of sp³-hybridized carbons (Fsp3) is 1.00. The quantitative estimate of drug-likeness (QED) is 0.771.